The lowest BCUT2D eigenvalue weighted by atomic mass is 10.1. The first kappa shape index (κ1) is 12.0. The SMILES string of the molecule is Cc1ccc(-c2nnc(N3CCC4CCCC43)n2C)o1. The summed E-state index contributed by atoms with van der Waals surface area (Å²) >= 11 is 0. The van der Waals surface area contributed by atoms with Crippen molar-refractivity contribution >= 4 is 5.95 Å². The van der Waals surface area contributed by atoms with Crippen LogP contribution in [0.25, 0.3) is 11.6 Å². The van der Waals surface area contributed by atoms with Gasteiger partial charge < -0.3 is 9.32 Å². The Morgan fingerprint density at radius 1 is 1.20 bits per heavy atom. The Morgan fingerprint density at radius 3 is 2.90 bits per heavy atom. The van der Waals surface area contributed by atoms with E-state index in [0.717, 1.165) is 35.8 Å². The van der Waals surface area contributed by atoms with E-state index in [-0.39, 0.29) is 0 Å². The van der Waals surface area contributed by atoms with Crippen LogP contribution >= 0.6 is 0 Å². The van der Waals surface area contributed by atoms with E-state index in [1.807, 2.05) is 26.1 Å². The number of hydrogen-bond donors (Lipinski definition) is 0. The van der Waals surface area contributed by atoms with Crippen molar-refractivity contribution < 1.29 is 4.42 Å². The minimum Gasteiger partial charge on any atom is -0.458 e. The highest BCUT2D eigenvalue weighted by Crippen LogP contribution is 2.40. The molecule has 0 N–H and O–H groups in total. The van der Waals surface area contributed by atoms with Crippen molar-refractivity contribution in [3.63, 3.8) is 0 Å². The average Bonchev–Trinajstić information content (AvgIpc) is 3.13. The van der Waals surface area contributed by atoms with Gasteiger partial charge in [-0.2, -0.15) is 0 Å². The van der Waals surface area contributed by atoms with Crippen LogP contribution in [0.4, 0.5) is 5.95 Å². The largest absolute Gasteiger partial charge is 0.458 e. The summed E-state index contributed by atoms with van der Waals surface area (Å²) in [6.45, 7) is 3.06. The number of furan rings is 1. The van der Waals surface area contributed by atoms with Gasteiger partial charge >= 0.3 is 0 Å². The van der Waals surface area contributed by atoms with Crippen LogP contribution in [0.15, 0.2) is 16.5 Å². The third-order valence-corrected chi connectivity index (χ3v) is 4.83. The Morgan fingerprint density at radius 2 is 2.10 bits per heavy atom. The lowest BCUT2D eigenvalue weighted by Crippen LogP contribution is -2.32. The van der Waals surface area contributed by atoms with Gasteiger partial charge in [0.2, 0.25) is 11.8 Å². The second-order valence-electron chi connectivity index (χ2n) is 6.03. The number of aromatic nitrogens is 3. The topological polar surface area (TPSA) is 47.1 Å². The second-order valence-corrected chi connectivity index (χ2v) is 6.03. The molecule has 0 bridgehead atoms. The Bertz CT molecular complexity index is 630. The van der Waals surface area contributed by atoms with Crippen LogP contribution < -0.4 is 4.90 Å². The molecule has 1 saturated heterocycles. The van der Waals surface area contributed by atoms with Crippen LogP contribution in [0.2, 0.25) is 0 Å². The summed E-state index contributed by atoms with van der Waals surface area (Å²) in [5, 5.41) is 8.76. The first-order valence-corrected chi connectivity index (χ1v) is 7.47. The van der Waals surface area contributed by atoms with Crippen molar-refractivity contribution in [2.45, 2.75) is 38.6 Å². The second kappa shape index (κ2) is 4.36. The van der Waals surface area contributed by atoms with Crippen LogP contribution in [0.1, 0.15) is 31.4 Å². The molecular formula is C15H20N4O. The number of fused-ring (bicyclic) bond motifs is 1. The van der Waals surface area contributed by atoms with Gasteiger partial charge in [0.15, 0.2) is 5.76 Å². The number of nitrogens with zero attached hydrogens (tertiary/aromatic N) is 4. The van der Waals surface area contributed by atoms with Gasteiger partial charge in [-0.3, -0.25) is 4.57 Å². The zero-order valence-electron chi connectivity index (χ0n) is 12.0. The molecule has 1 aliphatic heterocycles. The van der Waals surface area contributed by atoms with Gasteiger partial charge in [-0.25, -0.2) is 0 Å². The third kappa shape index (κ3) is 1.69. The molecule has 1 aliphatic carbocycles. The Hall–Kier alpha value is -1.78. The van der Waals surface area contributed by atoms with Crippen molar-refractivity contribution in [2.75, 3.05) is 11.4 Å². The molecule has 2 aliphatic rings. The zero-order chi connectivity index (χ0) is 13.7. The van der Waals surface area contributed by atoms with Crippen LogP contribution in [-0.2, 0) is 7.05 Å². The minimum absolute atomic E-state index is 0.670. The lowest BCUT2D eigenvalue weighted by molar-refractivity contribution is 0.535. The normalized spacial score (nSPS) is 25.4. The van der Waals surface area contributed by atoms with Crippen molar-refractivity contribution in [1.29, 1.82) is 0 Å². The monoisotopic (exact) mass is 272 g/mol. The molecule has 5 heteroatoms. The molecule has 0 amide bonds. The van der Waals surface area contributed by atoms with Gasteiger partial charge in [0.05, 0.1) is 0 Å². The summed E-state index contributed by atoms with van der Waals surface area (Å²) < 4.78 is 7.74. The highest BCUT2D eigenvalue weighted by Gasteiger charge is 2.39. The van der Waals surface area contributed by atoms with E-state index in [1.54, 1.807) is 0 Å². The number of aryl methyl sites for hydroxylation is 1. The van der Waals surface area contributed by atoms with Gasteiger partial charge in [-0.1, -0.05) is 6.42 Å². The molecule has 2 unspecified atom stereocenters. The molecule has 0 spiro atoms. The standard InChI is InChI=1S/C15H20N4O/c1-10-6-7-13(20-10)14-16-17-15(18(14)2)19-9-8-11-4-3-5-12(11)19/h6-7,11-12H,3-5,8-9H2,1-2H3. The highest BCUT2D eigenvalue weighted by atomic mass is 16.3. The van der Waals surface area contributed by atoms with Crippen LogP contribution in [0.3, 0.4) is 0 Å². The van der Waals surface area contributed by atoms with Gasteiger partial charge in [0, 0.05) is 19.6 Å². The highest BCUT2D eigenvalue weighted by molar-refractivity contribution is 5.52. The molecule has 0 aromatic carbocycles. The predicted molar refractivity (Wildman–Crippen MR) is 76.5 cm³/mol. The summed E-state index contributed by atoms with van der Waals surface area (Å²) in [6, 6.07) is 4.60. The lowest BCUT2D eigenvalue weighted by Gasteiger charge is -2.24. The van der Waals surface area contributed by atoms with Crippen molar-refractivity contribution in [2.24, 2.45) is 13.0 Å². The Kier molecular flexibility index (Phi) is 2.62. The van der Waals surface area contributed by atoms with E-state index in [1.165, 1.54) is 25.7 Å². The predicted octanol–water partition coefficient (Wildman–Crippen LogP) is 2.76. The number of hydrogen-bond acceptors (Lipinski definition) is 4. The molecule has 2 aromatic rings. The zero-order valence-corrected chi connectivity index (χ0v) is 12.0. The summed E-state index contributed by atoms with van der Waals surface area (Å²) in [5.74, 6) is 4.37. The van der Waals surface area contributed by atoms with Gasteiger partial charge in [0.25, 0.3) is 0 Å². The van der Waals surface area contributed by atoms with E-state index in [0.29, 0.717) is 6.04 Å². The molecule has 1 saturated carbocycles. The molecule has 4 rings (SSSR count). The molecule has 5 nitrogen and oxygen atoms in total. The molecule has 0 radical (unpaired) electrons. The van der Waals surface area contributed by atoms with E-state index in [9.17, 15) is 0 Å². The molecule has 106 valence electrons. The molecule has 2 fully saturated rings. The van der Waals surface area contributed by atoms with Crippen LogP contribution in [0, 0.1) is 12.8 Å². The Labute approximate surface area is 118 Å². The summed E-state index contributed by atoms with van der Waals surface area (Å²) in [6.07, 6.45) is 5.33. The van der Waals surface area contributed by atoms with Gasteiger partial charge in [0.1, 0.15) is 5.76 Å². The fourth-order valence-electron chi connectivity index (χ4n) is 3.82. The van der Waals surface area contributed by atoms with Crippen LogP contribution in [0.5, 0.6) is 0 Å². The van der Waals surface area contributed by atoms with E-state index >= 15 is 0 Å². The van der Waals surface area contributed by atoms with Crippen molar-refractivity contribution in [3.8, 4) is 11.6 Å². The fourth-order valence-corrected chi connectivity index (χ4v) is 3.82. The van der Waals surface area contributed by atoms with E-state index < -0.39 is 0 Å². The Balaban J connectivity index is 1.68. The maximum absolute atomic E-state index is 5.67. The third-order valence-electron chi connectivity index (χ3n) is 4.83. The summed E-state index contributed by atoms with van der Waals surface area (Å²) in [4.78, 5) is 2.45. The molecule has 2 atom stereocenters. The number of rotatable bonds is 2. The van der Waals surface area contributed by atoms with Crippen molar-refractivity contribution in [1.82, 2.24) is 14.8 Å². The first-order chi connectivity index (χ1) is 9.74. The van der Waals surface area contributed by atoms with Crippen LogP contribution in [-0.4, -0.2) is 27.4 Å². The van der Waals surface area contributed by atoms with Gasteiger partial charge in [-0.15, -0.1) is 10.2 Å². The maximum Gasteiger partial charge on any atom is 0.227 e. The van der Waals surface area contributed by atoms with Gasteiger partial charge in [-0.05, 0) is 44.2 Å². The van der Waals surface area contributed by atoms with E-state index in [4.69, 9.17) is 4.42 Å². The molecule has 2 aromatic heterocycles. The molecular weight excluding hydrogens is 252 g/mol. The summed E-state index contributed by atoms with van der Waals surface area (Å²) in [7, 11) is 2.03. The first-order valence-electron chi connectivity index (χ1n) is 7.47. The quantitative estimate of drug-likeness (QED) is 0.843. The average molecular weight is 272 g/mol. The smallest absolute Gasteiger partial charge is 0.227 e. The number of anilines is 1. The summed E-state index contributed by atoms with van der Waals surface area (Å²) in [5.41, 5.74) is 0. The van der Waals surface area contributed by atoms with Crippen molar-refractivity contribution in [3.05, 3.63) is 17.9 Å². The minimum atomic E-state index is 0.670. The fraction of sp³-hybridized carbons (Fsp3) is 0.600. The van der Waals surface area contributed by atoms with E-state index in [2.05, 4.69) is 19.7 Å². The molecule has 20 heavy (non-hydrogen) atoms. The molecule has 3 heterocycles. The maximum atomic E-state index is 5.67.